The summed E-state index contributed by atoms with van der Waals surface area (Å²) in [6, 6.07) is 6.92. The van der Waals surface area contributed by atoms with Crippen molar-refractivity contribution in [2.75, 3.05) is 31.6 Å². The second-order valence-corrected chi connectivity index (χ2v) is 6.43. The average Bonchev–Trinajstić information content (AvgIpc) is 2.59. The predicted molar refractivity (Wildman–Crippen MR) is 94.5 cm³/mol. The van der Waals surface area contributed by atoms with Crippen LogP contribution < -0.4 is 15.2 Å². The average molecular weight is 346 g/mol. The molecule has 134 valence electrons. The molecule has 0 N–H and O–H groups in total. The maximum atomic E-state index is 13.9. The number of hydrogen-bond acceptors (Lipinski definition) is 5. The Morgan fingerprint density at radius 2 is 2.12 bits per heavy atom. The van der Waals surface area contributed by atoms with E-state index in [1.54, 1.807) is 25.5 Å². The lowest BCUT2D eigenvalue weighted by atomic mass is 10.1. The van der Waals surface area contributed by atoms with Crippen molar-refractivity contribution >= 4 is 5.82 Å². The van der Waals surface area contributed by atoms with Gasteiger partial charge in [-0.1, -0.05) is 6.07 Å². The highest BCUT2D eigenvalue weighted by Crippen LogP contribution is 2.21. The largest absolute Gasteiger partial charge is 0.494 e. The number of piperazine rings is 1. The van der Waals surface area contributed by atoms with Crippen LogP contribution in [0.1, 0.15) is 12.5 Å². The summed E-state index contributed by atoms with van der Waals surface area (Å²) in [6.45, 7) is 5.20. The van der Waals surface area contributed by atoms with Crippen LogP contribution in [0.25, 0.3) is 0 Å². The highest BCUT2D eigenvalue weighted by atomic mass is 19.1. The Balaban J connectivity index is 1.66. The molecule has 1 aromatic carbocycles. The van der Waals surface area contributed by atoms with Crippen molar-refractivity contribution in [2.24, 2.45) is 7.05 Å². The molecule has 6 nitrogen and oxygen atoms in total. The van der Waals surface area contributed by atoms with Crippen LogP contribution in [0, 0.1) is 5.82 Å². The number of methoxy groups -OCH3 is 1. The minimum atomic E-state index is -0.337. The van der Waals surface area contributed by atoms with E-state index in [0.717, 1.165) is 25.2 Å². The van der Waals surface area contributed by atoms with E-state index in [1.807, 2.05) is 6.07 Å². The summed E-state index contributed by atoms with van der Waals surface area (Å²) >= 11 is 0. The Morgan fingerprint density at radius 1 is 1.32 bits per heavy atom. The second-order valence-electron chi connectivity index (χ2n) is 6.43. The van der Waals surface area contributed by atoms with Crippen LogP contribution in [0.5, 0.6) is 5.75 Å². The van der Waals surface area contributed by atoms with E-state index < -0.39 is 0 Å². The lowest BCUT2D eigenvalue weighted by Gasteiger charge is -2.40. The number of anilines is 1. The Labute approximate surface area is 146 Å². The SMILES string of the molecule is COc1ccc(CN2CCN(c3cc(=O)n(C)cn3)CC2C)cc1F. The summed E-state index contributed by atoms with van der Waals surface area (Å²) in [6.07, 6.45) is 1.55. The van der Waals surface area contributed by atoms with Crippen molar-refractivity contribution in [1.82, 2.24) is 14.5 Å². The summed E-state index contributed by atoms with van der Waals surface area (Å²) in [5.74, 6) is 0.638. The van der Waals surface area contributed by atoms with Gasteiger partial charge in [0.15, 0.2) is 11.6 Å². The molecule has 0 amide bonds. The Morgan fingerprint density at radius 3 is 2.76 bits per heavy atom. The fourth-order valence-corrected chi connectivity index (χ4v) is 3.11. The summed E-state index contributed by atoms with van der Waals surface area (Å²) in [7, 11) is 3.15. The number of aryl methyl sites for hydroxylation is 1. The normalized spacial score (nSPS) is 18.4. The third-order valence-corrected chi connectivity index (χ3v) is 4.65. The maximum absolute atomic E-state index is 13.9. The summed E-state index contributed by atoms with van der Waals surface area (Å²) < 4.78 is 20.3. The number of ether oxygens (including phenoxy) is 1. The highest BCUT2D eigenvalue weighted by molar-refractivity contribution is 5.38. The molecule has 0 saturated carbocycles. The molecule has 0 aliphatic carbocycles. The van der Waals surface area contributed by atoms with Crippen molar-refractivity contribution in [3.05, 3.63) is 52.3 Å². The lowest BCUT2D eigenvalue weighted by Crippen LogP contribution is -2.51. The zero-order chi connectivity index (χ0) is 18.0. The van der Waals surface area contributed by atoms with Gasteiger partial charge in [-0.2, -0.15) is 0 Å². The molecule has 1 aliphatic heterocycles. The van der Waals surface area contributed by atoms with Gasteiger partial charge in [0, 0.05) is 45.3 Å². The smallest absolute Gasteiger partial charge is 0.255 e. The highest BCUT2D eigenvalue weighted by Gasteiger charge is 2.25. The van der Waals surface area contributed by atoms with E-state index in [1.165, 1.54) is 17.7 Å². The van der Waals surface area contributed by atoms with Gasteiger partial charge in [0.05, 0.1) is 13.4 Å². The molecular weight excluding hydrogens is 323 g/mol. The van der Waals surface area contributed by atoms with Crippen LogP contribution >= 0.6 is 0 Å². The van der Waals surface area contributed by atoms with Crippen molar-refractivity contribution in [2.45, 2.75) is 19.5 Å². The van der Waals surface area contributed by atoms with E-state index in [2.05, 4.69) is 21.7 Å². The van der Waals surface area contributed by atoms with Gasteiger partial charge in [-0.05, 0) is 24.6 Å². The molecule has 25 heavy (non-hydrogen) atoms. The third-order valence-electron chi connectivity index (χ3n) is 4.65. The zero-order valence-electron chi connectivity index (χ0n) is 14.8. The van der Waals surface area contributed by atoms with Gasteiger partial charge in [-0.15, -0.1) is 0 Å². The maximum Gasteiger partial charge on any atom is 0.255 e. The monoisotopic (exact) mass is 346 g/mol. The van der Waals surface area contributed by atoms with Crippen LogP contribution in [0.3, 0.4) is 0 Å². The van der Waals surface area contributed by atoms with E-state index >= 15 is 0 Å². The number of aromatic nitrogens is 2. The number of benzene rings is 1. The second kappa shape index (κ2) is 7.23. The first kappa shape index (κ1) is 17.4. The van der Waals surface area contributed by atoms with Crippen LogP contribution in [-0.4, -0.2) is 47.2 Å². The quantitative estimate of drug-likeness (QED) is 0.842. The molecule has 1 unspecified atom stereocenters. The standard InChI is InChI=1S/C18H23FN4O2/c1-13-10-23(17-9-18(24)21(2)12-20-17)7-6-22(13)11-14-4-5-16(25-3)15(19)8-14/h4-5,8-9,12-13H,6-7,10-11H2,1-3H3. The minimum Gasteiger partial charge on any atom is -0.494 e. The number of hydrogen-bond donors (Lipinski definition) is 0. The van der Waals surface area contributed by atoms with Crippen molar-refractivity contribution in [1.29, 1.82) is 0 Å². The molecule has 0 spiro atoms. The summed E-state index contributed by atoms with van der Waals surface area (Å²) in [5, 5.41) is 0. The van der Waals surface area contributed by atoms with E-state index in [4.69, 9.17) is 4.74 Å². The molecule has 0 radical (unpaired) electrons. The molecule has 1 aromatic heterocycles. The number of halogens is 1. The van der Waals surface area contributed by atoms with Crippen molar-refractivity contribution in [3.63, 3.8) is 0 Å². The van der Waals surface area contributed by atoms with Crippen molar-refractivity contribution in [3.8, 4) is 5.75 Å². The first-order valence-corrected chi connectivity index (χ1v) is 8.32. The predicted octanol–water partition coefficient (Wildman–Crippen LogP) is 1.64. The molecular formula is C18H23FN4O2. The van der Waals surface area contributed by atoms with Crippen LogP contribution in [0.4, 0.5) is 10.2 Å². The summed E-state index contributed by atoms with van der Waals surface area (Å²) in [5.41, 5.74) is 0.860. The van der Waals surface area contributed by atoms with E-state index in [0.29, 0.717) is 12.4 Å². The van der Waals surface area contributed by atoms with Crippen molar-refractivity contribution < 1.29 is 9.13 Å². The number of rotatable bonds is 4. The Hall–Kier alpha value is -2.41. The van der Waals surface area contributed by atoms with Gasteiger partial charge in [0.25, 0.3) is 5.56 Å². The Kier molecular flexibility index (Phi) is 5.03. The van der Waals surface area contributed by atoms with Gasteiger partial charge in [-0.3, -0.25) is 9.69 Å². The number of nitrogens with zero attached hydrogens (tertiary/aromatic N) is 4. The lowest BCUT2D eigenvalue weighted by molar-refractivity contribution is 0.180. The Bertz CT molecular complexity index is 808. The molecule has 1 aliphatic rings. The molecule has 2 aromatic rings. The first-order valence-electron chi connectivity index (χ1n) is 8.32. The topological polar surface area (TPSA) is 50.6 Å². The fraction of sp³-hybridized carbons (Fsp3) is 0.444. The van der Waals surface area contributed by atoms with Gasteiger partial charge < -0.3 is 14.2 Å². The van der Waals surface area contributed by atoms with Gasteiger partial charge in [-0.25, -0.2) is 9.37 Å². The molecule has 1 fully saturated rings. The van der Waals surface area contributed by atoms with E-state index in [9.17, 15) is 9.18 Å². The zero-order valence-corrected chi connectivity index (χ0v) is 14.8. The van der Waals surface area contributed by atoms with Gasteiger partial charge >= 0.3 is 0 Å². The molecule has 1 saturated heterocycles. The van der Waals surface area contributed by atoms with Gasteiger partial charge in [0.1, 0.15) is 5.82 Å². The van der Waals surface area contributed by atoms with Gasteiger partial charge in [0.2, 0.25) is 0 Å². The van der Waals surface area contributed by atoms with Crippen LogP contribution in [0.2, 0.25) is 0 Å². The molecule has 1 atom stereocenters. The molecule has 0 bridgehead atoms. The molecule has 7 heteroatoms. The molecule has 2 heterocycles. The fourth-order valence-electron chi connectivity index (χ4n) is 3.11. The third kappa shape index (κ3) is 3.82. The van der Waals surface area contributed by atoms with E-state index in [-0.39, 0.29) is 23.2 Å². The summed E-state index contributed by atoms with van der Waals surface area (Å²) in [4.78, 5) is 20.6. The van der Waals surface area contributed by atoms with Crippen LogP contribution in [-0.2, 0) is 13.6 Å². The molecule has 3 rings (SSSR count). The van der Waals surface area contributed by atoms with Crippen LogP contribution in [0.15, 0.2) is 35.4 Å². The minimum absolute atomic E-state index is 0.0613. The first-order chi connectivity index (χ1) is 12.0.